The molecule has 1 aliphatic rings. The Kier molecular flexibility index (Phi) is 6.20. The zero-order valence-electron chi connectivity index (χ0n) is 14.1. The third-order valence-electron chi connectivity index (χ3n) is 4.30. The molecule has 1 aromatic heterocycles. The van der Waals surface area contributed by atoms with Crippen molar-refractivity contribution in [2.45, 2.75) is 25.4 Å². The van der Waals surface area contributed by atoms with E-state index in [1.165, 1.54) is 5.56 Å². The van der Waals surface area contributed by atoms with Gasteiger partial charge in [0.25, 0.3) is 0 Å². The summed E-state index contributed by atoms with van der Waals surface area (Å²) in [5.41, 5.74) is 2.21. The zero-order valence-corrected chi connectivity index (χ0v) is 14.8. The molecule has 25 heavy (non-hydrogen) atoms. The van der Waals surface area contributed by atoms with E-state index >= 15 is 0 Å². The molecule has 1 aliphatic heterocycles. The molecule has 4 nitrogen and oxygen atoms in total. The topological polar surface area (TPSA) is 45.2 Å². The van der Waals surface area contributed by atoms with Gasteiger partial charge in [-0.2, -0.15) is 0 Å². The smallest absolute Gasteiger partial charge is 0.244 e. The summed E-state index contributed by atoms with van der Waals surface area (Å²) < 4.78 is 0. The van der Waals surface area contributed by atoms with E-state index in [9.17, 15) is 4.79 Å². The third-order valence-corrected chi connectivity index (χ3v) is 4.56. The number of pyridine rings is 1. The van der Waals surface area contributed by atoms with E-state index in [1.54, 1.807) is 18.5 Å². The van der Waals surface area contributed by atoms with Crippen LogP contribution in [0.5, 0.6) is 0 Å². The van der Waals surface area contributed by atoms with Crippen LogP contribution in [0.4, 0.5) is 0 Å². The Labute approximate surface area is 153 Å². The lowest BCUT2D eigenvalue weighted by molar-refractivity contribution is -0.117. The van der Waals surface area contributed by atoms with E-state index in [4.69, 9.17) is 11.6 Å². The Morgan fingerprint density at radius 2 is 2.00 bits per heavy atom. The molecule has 1 N–H and O–H groups in total. The molecule has 0 aliphatic carbocycles. The number of hydrogen-bond donors (Lipinski definition) is 1. The molecule has 1 amide bonds. The van der Waals surface area contributed by atoms with Crippen LogP contribution in [0.25, 0.3) is 6.08 Å². The lowest BCUT2D eigenvalue weighted by Gasteiger charge is -2.33. The van der Waals surface area contributed by atoms with E-state index < -0.39 is 0 Å². The molecule has 0 radical (unpaired) electrons. The summed E-state index contributed by atoms with van der Waals surface area (Å²) in [5.74, 6) is -0.0462. The second-order valence-electron chi connectivity index (χ2n) is 6.32. The zero-order chi connectivity index (χ0) is 17.5. The second-order valence-corrected chi connectivity index (χ2v) is 6.76. The molecule has 0 saturated carbocycles. The van der Waals surface area contributed by atoms with Gasteiger partial charge >= 0.3 is 0 Å². The highest BCUT2D eigenvalue weighted by Crippen LogP contribution is 2.16. The first-order valence-electron chi connectivity index (χ1n) is 8.54. The molecule has 3 rings (SSSR count). The summed E-state index contributed by atoms with van der Waals surface area (Å²) in [5, 5.41) is 3.87. The third kappa shape index (κ3) is 5.69. The standard InChI is InChI=1S/C20H22ClN3O/c21-18-6-3-17(4-7-18)14-24-13-1-2-19(15-24)23-20(25)8-5-16-9-11-22-12-10-16/h3-12,19H,1-2,13-15H2,(H,23,25)/b8-5+. The lowest BCUT2D eigenvalue weighted by atomic mass is 10.0. The van der Waals surface area contributed by atoms with Gasteiger partial charge in [-0.3, -0.25) is 14.7 Å². The summed E-state index contributed by atoms with van der Waals surface area (Å²) in [6.45, 7) is 2.82. The first-order valence-corrected chi connectivity index (χ1v) is 8.92. The minimum Gasteiger partial charge on any atom is -0.349 e. The highest BCUT2D eigenvalue weighted by molar-refractivity contribution is 6.30. The Balaban J connectivity index is 1.50. The van der Waals surface area contributed by atoms with Crippen LogP contribution in [-0.2, 0) is 11.3 Å². The molecular formula is C20H22ClN3O. The summed E-state index contributed by atoms with van der Waals surface area (Å²) in [6.07, 6.45) is 8.94. The van der Waals surface area contributed by atoms with Crippen LogP contribution >= 0.6 is 11.6 Å². The van der Waals surface area contributed by atoms with Crippen molar-refractivity contribution >= 4 is 23.6 Å². The molecule has 1 unspecified atom stereocenters. The number of nitrogens with one attached hydrogen (secondary N) is 1. The largest absolute Gasteiger partial charge is 0.349 e. The fourth-order valence-corrected chi connectivity index (χ4v) is 3.19. The maximum absolute atomic E-state index is 12.1. The summed E-state index contributed by atoms with van der Waals surface area (Å²) in [6, 6.07) is 11.9. The van der Waals surface area contributed by atoms with Gasteiger partial charge in [-0.1, -0.05) is 23.7 Å². The number of carbonyl (C=O) groups is 1. The Hall–Kier alpha value is -2.17. The molecule has 1 fully saturated rings. The molecule has 1 saturated heterocycles. The molecule has 0 spiro atoms. The minimum absolute atomic E-state index is 0.0462. The SMILES string of the molecule is O=C(/C=C/c1ccncc1)NC1CCCN(Cc2ccc(Cl)cc2)C1. The van der Waals surface area contributed by atoms with E-state index in [0.717, 1.165) is 43.1 Å². The predicted octanol–water partition coefficient (Wildman–Crippen LogP) is 3.53. The number of carbonyl (C=O) groups excluding carboxylic acids is 1. The monoisotopic (exact) mass is 355 g/mol. The quantitative estimate of drug-likeness (QED) is 0.834. The minimum atomic E-state index is -0.0462. The number of rotatable bonds is 5. The van der Waals surface area contributed by atoms with Gasteiger partial charge < -0.3 is 5.32 Å². The van der Waals surface area contributed by atoms with Gasteiger partial charge in [0.2, 0.25) is 5.91 Å². The normalized spacial score (nSPS) is 18.4. The summed E-state index contributed by atoms with van der Waals surface area (Å²) in [4.78, 5) is 18.5. The van der Waals surface area contributed by atoms with Gasteiger partial charge in [-0.05, 0) is 60.9 Å². The maximum atomic E-state index is 12.1. The number of halogens is 1. The van der Waals surface area contributed by atoms with Crippen LogP contribution in [-0.4, -0.2) is 34.9 Å². The van der Waals surface area contributed by atoms with Crippen LogP contribution in [0.3, 0.4) is 0 Å². The first-order chi connectivity index (χ1) is 12.2. The van der Waals surface area contributed by atoms with Crippen molar-refractivity contribution in [2.24, 2.45) is 0 Å². The number of likely N-dealkylation sites (tertiary alicyclic amines) is 1. The van der Waals surface area contributed by atoms with Crippen molar-refractivity contribution in [3.05, 3.63) is 71.0 Å². The van der Waals surface area contributed by atoms with Crippen molar-refractivity contribution in [2.75, 3.05) is 13.1 Å². The molecule has 2 heterocycles. The lowest BCUT2D eigenvalue weighted by Crippen LogP contribution is -2.46. The van der Waals surface area contributed by atoms with Gasteiger partial charge in [0.1, 0.15) is 0 Å². The number of piperidine rings is 1. The average molecular weight is 356 g/mol. The highest BCUT2D eigenvalue weighted by Gasteiger charge is 2.20. The molecule has 5 heteroatoms. The molecule has 130 valence electrons. The van der Waals surface area contributed by atoms with E-state index in [0.29, 0.717) is 0 Å². The van der Waals surface area contributed by atoms with Crippen molar-refractivity contribution in [3.63, 3.8) is 0 Å². The molecule has 1 aromatic carbocycles. The van der Waals surface area contributed by atoms with Crippen molar-refractivity contribution < 1.29 is 4.79 Å². The molecule has 0 bridgehead atoms. The molecule has 2 aromatic rings. The first kappa shape index (κ1) is 17.6. The van der Waals surface area contributed by atoms with Gasteiger partial charge in [-0.25, -0.2) is 0 Å². The number of benzene rings is 1. The Morgan fingerprint density at radius 1 is 1.24 bits per heavy atom. The van der Waals surface area contributed by atoms with Crippen molar-refractivity contribution in [3.8, 4) is 0 Å². The van der Waals surface area contributed by atoms with Crippen molar-refractivity contribution in [1.82, 2.24) is 15.2 Å². The molecule has 1 atom stereocenters. The average Bonchev–Trinajstić information content (AvgIpc) is 2.63. The maximum Gasteiger partial charge on any atom is 0.244 e. The second kappa shape index (κ2) is 8.79. The molecular weight excluding hydrogens is 334 g/mol. The summed E-state index contributed by atoms with van der Waals surface area (Å²) in [7, 11) is 0. The van der Waals surface area contributed by atoms with Crippen molar-refractivity contribution in [1.29, 1.82) is 0 Å². The fourth-order valence-electron chi connectivity index (χ4n) is 3.06. The Bertz CT molecular complexity index is 715. The van der Waals surface area contributed by atoms with Crippen LogP contribution < -0.4 is 5.32 Å². The number of aromatic nitrogens is 1. The predicted molar refractivity (Wildman–Crippen MR) is 101 cm³/mol. The van der Waals surface area contributed by atoms with Gasteiger partial charge in [0.05, 0.1) is 0 Å². The van der Waals surface area contributed by atoms with E-state index in [1.807, 2.05) is 30.3 Å². The number of amides is 1. The Morgan fingerprint density at radius 3 is 2.76 bits per heavy atom. The van der Waals surface area contributed by atoms with Crippen LogP contribution in [0.2, 0.25) is 5.02 Å². The van der Waals surface area contributed by atoms with E-state index in [-0.39, 0.29) is 11.9 Å². The van der Waals surface area contributed by atoms with Gasteiger partial charge in [0.15, 0.2) is 0 Å². The summed E-state index contributed by atoms with van der Waals surface area (Å²) >= 11 is 5.94. The van der Waals surface area contributed by atoms with E-state index in [2.05, 4.69) is 27.3 Å². The fraction of sp³-hybridized carbons (Fsp3) is 0.300. The van der Waals surface area contributed by atoms with Crippen LogP contribution in [0.1, 0.15) is 24.0 Å². The number of hydrogen-bond acceptors (Lipinski definition) is 3. The van der Waals surface area contributed by atoms with Gasteiger partial charge in [0, 0.05) is 42.6 Å². The number of nitrogens with zero attached hydrogens (tertiary/aromatic N) is 2. The van der Waals surface area contributed by atoms with Crippen LogP contribution in [0, 0.1) is 0 Å². The highest BCUT2D eigenvalue weighted by atomic mass is 35.5. The van der Waals surface area contributed by atoms with Gasteiger partial charge in [-0.15, -0.1) is 0 Å². The van der Waals surface area contributed by atoms with Crippen LogP contribution in [0.15, 0.2) is 54.9 Å².